The van der Waals surface area contributed by atoms with Gasteiger partial charge >= 0.3 is 5.97 Å². The van der Waals surface area contributed by atoms with Crippen molar-refractivity contribution >= 4 is 17.8 Å². The third-order valence-corrected chi connectivity index (χ3v) is 2.82. The number of hydrogen-bond acceptors (Lipinski definition) is 3. The maximum atomic E-state index is 10.9. The zero-order valence-electron chi connectivity index (χ0n) is 12.1. The van der Waals surface area contributed by atoms with Crippen LogP contribution in [0.2, 0.25) is 0 Å². The van der Waals surface area contributed by atoms with Crippen molar-refractivity contribution in [1.82, 2.24) is 0 Å². The van der Waals surface area contributed by atoms with E-state index in [1.54, 1.807) is 0 Å². The van der Waals surface area contributed by atoms with Gasteiger partial charge in [-0.2, -0.15) is 0 Å². The molecule has 0 atom stereocenters. The van der Waals surface area contributed by atoms with E-state index in [1.165, 1.54) is 12.5 Å². The monoisotopic (exact) mass is 279 g/mol. The van der Waals surface area contributed by atoms with Crippen LogP contribution >= 0.6 is 0 Å². The molecule has 0 aromatic heterocycles. The highest BCUT2D eigenvalue weighted by Crippen LogP contribution is 2.09. The van der Waals surface area contributed by atoms with Crippen molar-refractivity contribution in [2.75, 3.05) is 0 Å². The molecular weight excluding hydrogens is 262 g/mol. The smallest absolute Gasteiger partial charge is 0.318 e. The molecule has 0 aliphatic carbocycles. The molecule has 2 rings (SSSR count). The predicted molar refractivity (Wildman–Crippen MR) is 85.0 cm³/mol. The first-order chi connectivity index (χ1) is 10.1. The summed E-state index contributed by atoms with van der Waals surface area (Å²) < 4.78 is 0. The summed E-state index contributed by atoms with van der Waals surface area (Å²) in [7, 11) is 0. The van der Waals surface area contributed by atoms with Crippen molar-refractivity contribution < 1.29 is 9.63 Å². The molecule has 0 amide bonds. The fourth-order valence-electron chi connectivity index (χ4n) is 1.85. The zero-order chi connectivity index (χ0) is 15.1. The van der Waals surface area contributed by atoms with Crippen molar-refractivity contribution in [2.24, 2.45) is 5.16 Å². The second-order valence-corrected chi connectivity index (χ2v) is 4.67. The number of carbonyl (C=O) groups is 1. The molecule has 2 aromatic carbocycles. The van der Waals surface area contributed by atoms with E-state index in [2.05, 4.69) is 11.2 Å². The first-order valence-electron chi connectivity index (χ1n) is 6.71. The molecule has 0 fully saturated rings. The van der Waals surface area contributed by atoms with Crippen molar-refractivity contribution in [1.29, 1.82) is 0 Å². The molecule has 3 heteroatoms. The summed E-state index contributed by atoms with van der Waals surface area (Å²) in [6.07, 6.45) is 3.79. The molecule has 0 bridgehead atoms. The number of rotatable bonds is 4. The van der Waals surface area contributed by atoms with Gasteiger partial charge in [0.05, 0.1) is 0 Å². The minimum absolute atomic E-state index is 0.438. The zero-order valence-corrected chi connectivity index (χ0v) is 12.1. The Morgan fingerprint density at radius 1 is 1.10 bits per heavy atom. The lowest BCUT2D eigenvalue weighted by Crippen LogP contribution is -2.00. The molecular formula is C18H17NO2. The topological polar surface area (TPSA) is 38.7 Å². The maximum Gasteiger partial charge on any atom is 0.332 e. The van der Waals surface area contributed by atoms with Crippen LogP contribution in [-0.4, -0.2) is 11.7 Å². The number of aryl methyl sites for hydroxylation is 1. The van der Waals surface area contributed by atoms with Crippen LogP contribution in [0.4, 0.5) is 0 Å². The van der Waals surface area contributed by atoms with Crippen molar-refractivity contribution in [2.45, 2.75) is 13.8 Å². The molecule has 0 heterocycles. The normalized spacial score (nSPS) is 11.6. The van der Waals surface area contributed by atoms with Gasteiger partial charge in [0.2, 0.25) is 0 Å². The summed E-state index contributed by atoms with van der Waals surface area (Å²) >= 11 is 0. The summed E-state index contributed by atoms with van der Waals surface area (Å²) in [5.41, 5.74) is 3.76. The Bertz CT molecular complexity index is 673. The highest BCUT2D eigenvalue weighted by atomic mass is 16.7. The van der Waals surface area contributed by atoms with E-state index in [1.807, 2.05) is 67.6 Å². The number of oxime groups is 1. The summed E-state index contributed by atoms with van der Waals surface area (Å²) in [6.45, 7) is 3.37. The third-order valence-electron chi connectivity index (χ3n) is 2.82. The Labute approximate surface area is 124 Å². The lowest BCUT2D eigenvalue weighted by atomic mass is 10.1. The molecule has 106 valence electrons. The quantitative estimate of drug-likeness (QED) is 0.482. The molecule has 0 unspecified atom stereocenters. The number of allylic oxidation sites excluding steroid dienone is 1. The SMILES string of the molecule is CC(=O)O/N=C(\C=C\c1cccc(C)c1)c1ccccc1. The van der Waals surface area contributed by atoms with Gasteiger partial charge in [-0.1, -0.05) is 71.4 Å². The first-order valence-corrected chi connectivity index (χ1v) is 6.71. The molecule has 3 nitrogen and oxygen atoms in total. The Balaban J connectivity index is 2.28. The van der Waals surface area contributed by atoms with Crippen LogP contribution in [0.25, 0.3) is 6.08 Å². The maximum absolute atomic E-state index is 10.9. The van der Waals surface area contributed by atoms with Crippen LogP contribution in [-0.2, 0) is 9.63 Å². The molecule has 21 heavy (non-hydrogen) atoms. The summed E-state index contributed by atoms with van der Waals surface area (Å²) in [5, 5.41) is 3.91. The van der Waals surface area contributed by atoms with Gasteiger partial charge in [0, 0.05) is 12.5 Å². The van der Waals surface area contributed by atoms with Crippen LogP contribution in [0.3, 0.4) is 0 Å². The summed E-state index contributed by atoms with van der Waals surface area (Å²) in [4.78, 5) is 15.7. The molecule has 2 aromatic rings. The van der Waals surface area contributed by atoms with E-state index in [9.17, 15) is 4.79 Å². The number of nitrogens with zero attached hydrogens (tertiary/aromatic N) is 1. The van der Waals surface area contributed by atoms with E-state index in [4.69, 9.17) is 4.84 Å². The average molecular weight is 279 g/mol. The van der Waals surface area contributed by atoms with E-state index in [0.29, 0.717) is 5.71 Å². The molecule has 0 spiro atoms. The largest absolute Gasteiger partial charge is 0.332 e. The molecule has 0 N–H and O–H groups in total. The summed E-state index contributed by atoms with van der Waals surface area (Å²) in [6, 6.07) is 17.7. The van der Waals surface area contributed by atoms with Gasteiger partial charge in [0.25, 0.3) is 0 Å². The highest BCUT2D eigenvalue weighted by Gasteiger charge is 2.01. The second kappa shape index (κ2) is 7.20. The van der Waals surface area contributed by atoms with E-state index < -0.39 is 5.97 Å². The first kappa shape index (κ1) is 14.7. The Morgan fingerprint density at radius 3 is 2.52 bits per heavy atom. The lowest BCUT2D eigenvalue weighted by Gasteiger charge is -2.01. The van der Waals surface area contributed by atoms with Crippen LogP contribution in [0.15, 0.2) is 65.8 Å². The minimum Gasteiger partial charge on any atom is -0.318 e. The molecule has 0 aliphatic rings. The average Bonchev–Trinajstić information content (AvgIpc) is 2.48. The Kier molecular flexibility index (Phi) is 5.04. The van der Waals surface area contributed by atoms with Gasteiger partial charge in [-0.3, -0.25) is 0 Å². The fraction of sp³-hybridized carbons (Fsp3) is 0.111. The second-order valence-electron chi connectivity index (χ2n) is 4.67. The molecule has 0 radical (unpaired) electrons. The predicted octanol–water partition coefficient (Wildman–Crippen LogP) is 3.98. The van der Waals surface area contributed by atoms with Gasteiger partial charge in [-0.15, -0.1) is 0 Å². The van der Waals surface area contributed by atoms with Crippen LogP contribution in [0.1, 0.15) is 23.6 Å². The third kappa shape index (κ3) is 4.73. The fourth-order valence-corrected chi connectivity index (χ4v) is 1.85. The van der Waals surface area contributed by atoms with E-state index in [0.717, 1.165) is 11.1 Å². The van der Waals surface area contributed by atoms with Gasteiger partial charge in [-0.25, -0.2) is 4.79 Å². The van der Waals surface area contributed by atoms with Crippen LogP contribution < -0.4 is 0 Å². The van der Waals surface area contributed by atoms with Gasteiger partial charge in [0.1, 0.15) is 5.71 Å². The molecule has 0 saturated heterocycles. The van der Waals surface area contributed by atoms with Crippen LogP contribution in [0.5, 0.6) is 0 Å². The Morgan fingerprint density at radius 2 is 1.86 bits per heavy atom. The minimum atomic E-state index is -0.438. The van der Waals surface area contributed by atoms with Crippen molar-refractivity contribution in [3.05, 3.63) is 77.4 Å². The number of carbonyl (C=O) groups excluding carboxylic acids is 1. The lowest BCUT2D eigenvalue weighted by molar-refractivity contribution is -0.140. The standard InChI is InChI=1S/C18H17NO2/c1-14-7-6-8-16(13-14)11-12-18(19-21-15(2)20)17-9-4-3-5-10-17/h3-13H,1-2H3/b12-11+,19-18+. The van der Waals surface area contributed by atoms with E-state index in [-0.39, 0.29) is 0 Å². The number of hydrogen-bond donors (Lipinski definition) is 0. The molecule has 0 saturated carbocycles. The van der Waals surface area contributed by atoms with Crippen molar-refractivity contribution in [3.8, 4) is 0 Å². The van der Waals surface area contributed by atoms with Gasteiger partial charge < -0.3 is 4.84 Å². The van der Waals surface area contributed by atoms with Crippen LogP contribution in [0, 0.1) is 6.92 Å². The van der Waals surface area contributed by atoms with E-state index >= 15 is 0 Å². The number of benzene rings is 2. The summed E-state index contributed by atoms with van der Waals surface area (Å²) in [5.74, 6) is -0.438. The van der Waals surface area contributed by atoms with Crippen molar-refractivity contribution in [3.63, 3.8) is 0 Å². The molecule has 0 aliphatic heterocycles. The van der Waals surface area contributed by atoms with Gasteiger partial charge in [-0.05, 0) is 18.6 Å². The highest BCUT2D eigenvalue weighted by molar-refractivity contribution is 6.10. The Hall–Kier alpha value is -2.68. The van der Waals surface area contributed by atoms with Gasteiger partial charge in [0.15, 0.2) is 0 Å².